The van der Waals surface area contributed by atoms with Gasteiger partial charge in [-0.2, -0.15) is 24.9 Å². The Morgan fingerprint density at radius 2 is 1.81 bits per heavy atom. The van der Waals surface area contributed by atoms with E-state index in [0.29, 0.717) is 11.3 Å². The van der Waals surface area contributed by atoms with E-state index in [1.807, 2.05) is 6.26 Å². The first-order valence-corrected chi connectivity index (χ1v) is 5.99. The lowest BCUT2D eigenvalue weighted by Crippen LogP contribution is -2.07. The Hall–Kier alpha value is -0.970. The summed E-state index contributed by atoms with van der Waals surface area (Å²) in [5.41, 5.74) is -0.0689. The monoisotopic (exact) mass is 248 g/mol. The van der Waals surface area contributed by atoms with Gasteiger partial charge in [-0.05, 0) is 24.0 Å². The Kier molecular flexibility index (Phi) is 4.41. The SMILES string of the molecule is CSCC(=O)Cc1ccc(C(F)(F)F)cc1. The van der Waals surface area contributed by atoms with Crippen molar-refractivity contribution in [2.45, 2.75) is 12.6 Å². The summed E-state index contributed by atoms with van der Waals surface area (Å²) < 4.78 is 36.7. The second-order valence-corrected chi connectivity index (χ2v) is 4.21. The lowest BCUT2D eigenvalue weighted by molar-refractivity contribution is -0.137. The molecule has 0 N–H and O–H groups in total. The van der Waals surface area contributed by atoms with Gasteiger partial charge < -0.3 is 0 Å². The molecule has 0 amide bonds. The van der Waals surface area contributed by atoms with Crippen molar-refractivity contribution in [3.05, 3.63) is 35.4 Å². The third-order valence-corrected chi connectivity index (χ3v) is 2.60. The molecule has 0 bridgehead atoms. The fourth-order valence-electron chi connectivity index (χ4n) is 1.25. The van der Waals surface area contributed by atoms with Crippen LogP contribution in [0.2, 0.25) is 0 Å². The van der Waals surface area contributed by atoms with Crippen LogP contribution >= 0.6 is 11.8 Å². The molecule has 0 unspecified atom stereocenters. The molecule has 1 rings (SSSR count). The Balaban J connectivity index is 2.69. The maximum atomic E-state index is 12.2. The summed E-state index contributed by atoms with van der Waals surface area (Å²) in [6.45, 7) is 0. The number of hydrogen-bond donors (Lipinski definition) is 0. The van der Waals surface area contributed by atoms with Crippen LogP contribution in [0.15, 0.2) is 24.3 Å². The standard InChI is InChI=1S/C11H11F3OS/c1-16-7-10(15)6-8-2-4-9(5-3-8)11(12,13)14/h2-5H,6-7H2,1H3. The second-order valence-electron chi connectivity index (χ2n) is 3.34. The number of rotatable bonds is 4. The van der Waals surface area contributed by atoms with E-state index in [1.54, 1.807) is 0 Å². The summed E-state index contributed by atoms with van der Waals surface area (Å²) >= 11 is 1.41. The Morgan fingerprint density at radius 1 is 1.25 bits per heavy atom. The van der Waals surface area contributed by atoms with Crippen LogP contribution in [0.1, 0.15) is 11.1 Å². The van der Waals surface area contributed by atoms with Crippen LogP contribution in [0.4, 0.5) is 13.2 Å². The number of ketones is 1. The highest BCUT2D eigenvalue weighted by molar-refractivity contribution is 7.99. The fourth-order valence-corrected chi connectivity index (χ4v) is 1.68. The fraction of sp³-hybridized carbons (Fsp3) is 0.364. The van der Waals surface area contributed by atoms with E-state index in [-0.39, 0.29) is 12.2 Å². The van der Waals surface area contributed by atoms with Crippen LogP contribution < -0.4 is 0 Å². The maximum Gasteiger partial charge on any atom is 0.416 e. The number of Topliss-reactive ketones (excluding diaryl/α,β-unsaturated/α-hetero) is 1. The molecule has 1 aromatic rings. The smallest absolute Gasteiger partial charge is 0.298 e. The first kappa shape index (κ1) is 13.1. The van der Waals surface area contributed by atoms with Crippen molar-refractivity contribution in [1.82, 2.24) is 0 Å². The molecule has 0 aliphatic rings. The van der Waals surface area contributed by atoms with Crippen LogP contribution in [-0.4, -0.2) is 17.8 Å². The van der Waals surface area contributed by atoms with Crippen molar-refractivity contribution in [1.29, 1.82) is 0 Å². The second kappa shape index (κ2) is 5.39. The number of thioether (sulfide) groups is 1. The van der Waals surface area contributed by atoms with Crippen molar-refractivity contribution in [2.24, 2.45) is 0 Å². The Labute approximate surface area is 96.0 Å². The van der Waals surface area contributed by atoms with Gasteiger partial charge in [-0.1, -0.05) is 12.1 Å². The normalized spacial score (nSPS) is 11.5. The van der Waals surface area contributed by atoms with Gasteiger partial charge in [-0.25, -0.2) is 0 Å². The van der Waals surface area contributed by atoms with Crippen LogP contribution in [0.3, 0.4) is 0 Å². The van der Waals surface area contributed by atoms with Crippen molar-refractivity contribution >= 4 is 17.5 Å². The molecule has 16 heavy (non-hydrogen) atoms. The molecule has 5 heteroatoms. The highest BCUT2D eigenvalue weighted by atomic mass is 32.2. The van der Waals surface area contributed by atoms with Gasteiger partial charge in [0.25, 0.3) is 0 Å². The molecule has 0 atom stereocenters. The number of carbonyl (C=O) groups is 1. The molecule has 1 nitrogen and oxygen atoms in total. The van der Waals surface area contributed by atoms with Gasteiger partial charge in [-0.15, -0.1) is 0 Å². The van der Waals surface area contributed by atoms with E-state index < -0.39 is 11.7 Å². The van der Waals surface area contributed by atoms with Crippen molar-refractivity contribution in [3.8, 4) is 0 Å². The van der Waals surface area contributed by atoms with Gasteiger partial charge >= 0.3 is 6.18 Å². The number of halogens is 3. The van der Waals surface area contributed by atoms with Crippen molar-refractivity contribution < 1.29 is 18.0 Å². The average molecular weight is 248 g/mol. The molecule has 0 spiro atoms. The van der Waals surface area contributed by atoms with Crippen LogP contribution in [0, 0.1) is 0 Å². The number of alkyl halides is 3. The topological polar surface area (TPSA) is 17.1 Å². The van der Waals surface area contributed by atoms with Gasteiger partial charge in [0.05, 0.1) is 11.3 Å². The van der Waals surface area contributed by atoms with E-state index in [1.165, 1.54) is 23.9 Å². The molecule has 0 fully saturated rings. The first-order chi connectivity index (χ1) is 7.43. The first-order valence-electron chi connectivity index (χ1n) is 4.60. The summed E-state index contributed by atoms with van der Waals surface area (Å²) in [6, 6.07) is 4.70. The van der Waals surface area contributed by atoms with E-state index in [2.05, 4.69) is 0 Å². The van der Waals surface area contributed by atoms with E-state index in [9.17, 15) is 18.0 Å². The molecule has 88 valence electrons. The minimum Gasteiger partial charge on any atom is -0.298 e. The van der Waals surface area contributed by atoms with Crippen LogP contribution in [0.25, 0.3) is 0 Å². The molecule has 0 aromatic heterocycles. The highest BCUT2D eigenvalue weighted by Gasteiger charge is 2.29. The van der Waals surface area contributed by atoms with Crippen molar-refractivity contribution in [3.63, 3.8) is 0 Å². The molecule has 0 radical (unpaired) electrons. The molecular weight excluding hydrogens is 237 g/mol. The zero-order valence-corrected chi connectivity index (χ0v) is 9.49. The van der Waals surface area contributed by atoms with Crippen LogP contribution in [0.5, 0.6) is 0 Å². The number of carbonyl (C=O) groups excluding carboxylic acids is 1. The lowest BCUT2D eigenvalue weighted by Gasteiger charge is -2.07. The summed E-state index contributed by atoms with van der Waals surface area (Å²) in [4.78, 5) is 11.3. The van der Waals surface area contributed by atoms with Gasteiger partial charge in [0.15, 0.2) is 0 Å². The van der Waals surface area contributed by atoms with Gasteiger partial charge in [-0.3, -0.25) is 4.79 Å². The van der Waals surface area contributed by atoms with Gasteiger partial charge in [0.1, 0.15) is 5.78 Å². The minimum absolute atomic E-state index is 0.0206. The summed E-state index contributed by atoms with van der Waals surface area (Å²) in [6.07, 6.45) is -2.31. The average Bonchev–Trinajstić information content (AvgIpc) is 2.17. The van der Waals surface area contributed by atoms with Gasteiger partial charge in [0.2, 0.25) is 0 Å². The quantitative estimate of drug-likeness (QED) is 0.814. The molecule has 0 saturated carbocycles. The van der Waals surface area contributed by atoms with E-state index in [0.717, 1.165) is 12.1 Å². The summed E-state index contributed by atoms with van der Waals surface area (Å²) in [7, 11) is 0. The van der Waals surface area contributed by atoms with Crippen LogP contribution in [-0.2, 0) is 17.4 Å². The molecule has 0 heterocycles. The maximum absolute atomic E-state index is 12.2. The zero-order valence-electron chi connectivity index (χ0n) is 8.67. The molecule has 1 aromatic carbocycles. The third-order valence-electron chi connectivity index (χ3n) is 1.99. The summed E-state index contributed by atoms with van der Waals surface area (Å²) in [5, 5.41) is 0. The number of benzene rings is 1. The highest BCUT2D eigenvalue weighted by Crippen LogP contribution is 2.29. The third kappa shape index (κ3) is 3.89. The zero-order chi connectivity index (χ0) is 12.2. The number of hydrogen-bond acceptors (Lipinski definition) is 2. The Bertz CT molecular complexity index is 356. The minimum atomic E-state index is -4.32. The lowest BCUT2D eigenvalue weighted by atomic mass is 10.1. The molecule has 0 saturated heterocycles. The van der Waals surface area contributed by atoms with E-state index in [4.69, 9.17) is 0 Å². The van der Waals surface area contributed by atoms with Crippen molar-refractivity contribution in [2.75, 3.05) is 12.0 Å². The largest absolute Gasteiger partial charge is 0.416 e. The van der Waals surface area contributed by atoms with Gasteiger partial charge in [0, 0.05) is 6.42 Å². The molecule has 0 aliphatic carbocycles. The Morgan fingerprint density at radius 3 is 2.25 bits per heavy atom. The summed E-state index contributed by atoms with van der Waals surface area (Å²) in [5.74, 6) is 0.411. The predicted octanol–water partition coefficient (Wildman–Crippen LogP) is 3.18. The predicted molar refractivity (Wildman–Crippen MR) is 58.5 cm³/mol. The van der Waals surface area contributed by atoms with E-state index >= 15 is 0 Å². The molecular formula is C11H11F3OS. The molecule has 0 aliphatic heterocycles.